The first-order valence-corrected chi connectivity index (χ1v) is 8.03. The molecule has 0 aliphatic rings. The predicted molar refractivity (Wildman–Crippen MR) is 91.3 cm³/mol. The standard InChI is InChI=1S/C18H27NO5/c1-6-17(20)19(12-13(2)18(21)24-5)10-9-14-7-8-15(22-3)16(11-14)23-4/h7-8,11,13H,6,9-10,12H2,1-5H3. The fourth-order valence-corrected chi connectivity index (χ4v) is 2.45. The Bertz CT molecular complexity index is 558. The lowest BCUT2D eigenvalue weighted by Crippen LogP contribution is -2.38. The van der Waals surface area contributed by atoms with Crippen LogP contribution in [-0.2, 0) is 20.7 Å². The van der Waals surface area contributed by atoms with Crippen molar-refractivity contribution < 1.29 is 23.8 Å². The number of carbonyl (C=O) groups is 2. The van der Waals surface area contributed by atoms with Gasteiger partial charge >= 0.3 is 5.97 Å². The van der Waals surface area contributed by atoms with E-state index in [4.69, 9.17) is 14.2 Å². The van der Waals surface area contributed by atoms with Gasteiger partial charge in [-0.15, -0.1) is 0 Å². The third-order valence-electron chi connectivity index (χ3n) is 3.87. The zero-order chi connectivity index (χ0) is 18.1. The maximum atomic E-state index is 12.1. The average molecular weight is 337 g/mol. The number of ether oxygens (including phenoxy) is 3. The van der Waals surface area contributed by atoms with E-state index in [9.17, 15) is 9.59 Å². The fraction of sp³-hybridized carbons (Fsp3) is 0.556. The molecule has 0 aliphatic heterocycles. The Morgan fingerprint density at radius 1 is 1.12 bits per heavy atom. The van der Waals surface area contributed by atoms with Gasteiger partial charge in [0.2, 0.25) is 5.91 Å². The molecule has 134 valence electrons. The van der Waals surface area contributed by atoms with Crippen LogP contribution in [0.4, 0.5) is 0 Å². The monoisotopic (exact) mass is 337 g/mol. The molecule has 1 amide bonds. The summed E-state index contributed by atoms with van der Waals surface area (Å²) >= 11 is 0. The Kier molecular flexibility index (Phi) is 8.09. The van der Waals surface area contributed by atoms with Crippen LogP contribution in [-0.4, -0.2) is 51.2 Å². The van der Waals surface area contributed by atoms with E-state index in [0.29, 0.717) is 37.4 Å². The van der Waals surface area contributed by atoms with Gasteiger partial charge in [-0.05, 0) is 24.1 Å². The zero-order valence-corrected chi connectivity index (χ0v) is 15.1. The van der Waals surface area contributed by atoms with Gasteiger partial charge in [0.15, 0.2) is 11.5 Å². The van der Waals surface area contributed by atoms with E-state index in [0.717, 1.165) is 5.56 Å². The van der Waals surface area contributed by atoms with Crippen LogP contribution in [0.5, 0.6) is 11.5 Å². The number of nitrogens with zero attached hydrogens (tertiary/aromatic N) is 1. The molecule has 0 saturated heterocycles. The quantitative estimate of drug-likeness (QED) is 0.647. The second kappa shape index (κ2) is 9.80. The summed E-state index contributed by atoms with van der Waals surface area (Å²) in [6, 6.07) is 5.69. The van der Waals surface area contributed by atoms with Gasteiger partial charge in [-0.25, -0.2) is 0 Å². The van der Waals surface area contributed by atoms with Crippen LogP contribution in [0.3, 0.4) is 0 Å². The molecule has 0 heterocycles. The van der Waals surface area contributed by atoms with E-state index in [1.807, 2.05) is 25.1 Å². The molecule has 1 atom stereocenters. The van der Waals surface area contributed by atoms with Gasteiger partial charge in [0, 0.05) is 19.5 Å². The number of hydrogen-bond donors (Lipinski definition) is 0. The van der Waals surface area contributed by atoms with E-state index in [1.165, 1.54) is 7.11 Å². The Morgan fingerprint density at radius 2 is 1.79 bits per heavy atom. The SMILES string of the molecule is CCC(=O)N(CCc1ccc(OC)c(OC)c1)CC(C)C(=O)OC. The molecule has 0 radical (unpaired) electrons. The number of rotatable bonds is 9. The molecule has 0 aromatic heterocycles. The van der Waals surface area contributed by atoms with E-state index in [1.54, 1.807) is 26.0 Å². The van der Waals surface area contributed by atoms with Gasteiger partial charge < -0.3 is 19.1 Å². The first-order valence-electron chi connectivity index (χ1n) is 8.03. The molecule has 1 unspecified atom stereocenters. The molecule has 1 aromatic rings. The van der Waals surface area contributed by atoms with Crippen molar-refractivity contribution in [1.82, 2.24) is 4.90 Å². The highest BCUT2D eigenvalue weighted by atomic mass is 16.5. The number of hydrogen-bond acceptors (Lipinski definition) is 5. The average Bonchev–Trinajstić information content (AvgIpc) is 2.62. The lowest BCUT2D eigenvalue weighted by Gasteiger charge is -2.25. The Labute approximate surface area is 143 Å². The van der Waals surface area contributed by atoms with Crippen molar-refractivity contribution in [2.75, 3.05) is 34.4 Å². The van der Waals surface area contributed by atoms with Gasteiger partial charge in [-0.1, -0.05) is 19.9 Å². The summed E-state index contributed by atoms with van der Waals surface area (Å²) < 4.78 is 15.3. The van der Waals surface area contributed by atoms with Crippen molar-refractivity contribution in [3.05, 3.63) is 23.8 Å². The summed E-state index contributed by atoms with van der Waals surface area (Å²) in [5.74, 6) is 0.686. The normalized spacial score (nSPS) is 11.5. The largest absolute Gasteiger partial charge is 0.493 e. The minimum absolute atomic E-state index is 0.0197. The number of carbonyl (C=O) groups excluding carboxylic acids is 2. The van der Waals surface area contributed by atoms with Crippen molar-refractivity contribution in [1.29, 1.82) is 0 Å². The van der Waals surface area contributed by atoms with Crippen LogP contribution < -0.4 is 9.47 Å². The summed E-state index contributed by atoms with van der Waals surface area (Å²) in [4.78, 5) is 25.4. The van der Waals surface area contributed by atoms with Crippen molar-refractivity contribution in [3.8, 4) is 11.5 Å². The highest BCUT2D eigenvalue weighted by Gasteiger charge is 2.20. The molecule has 0 spiro atoms. The maximum absolute atomic E-state index is 12.1. The summed E-state index contributed by atoms with van der Waals surface area (Å²) in [7, 11) is 4.54. The van der Waals surface area contributed by atoms with E-state index >= 15 is 0 Å². The van der Waals surface area contributed by atoms with Crippen molar-refractivity contribution >= 4 is 11.9 Å². The smallest absolute Gasteiger partial charge is 0.310 e. The number of esters is 1. The van der Waals surface area contributed by atoms with Crippen molar-refractivity contribution in [3.63, 3.8) is 0 Å². The summed E-state index contributed by atoms with van der Waals surface area (Å²) in [5.41, 5.74) is 1.03. The van der Waals surface area contributed by atoms with Crippen LogP contribution in [0, 0.1) is 5.92 Å². The van der Waals surface area contributed by atoms with Crippen LogP contribution in [0.15, 0.2) is 18.2 Å². The van der Waals surface area contributed by atoms with Crippen molar-refractivity contribution in [2.45, 2.75) is 26.7 Å². The molecular weight excluding hydrogens is 310 g/mol. The van der Waals surface area contributed by atoms with Gasteiger partial charge in [0.05, 0.1) is 27.2 Å². The number of benzene rings is 1. The fourth-order valence-electron chi connectivity index (χ4n) is 2.45. The minimum atomic E-state index is -0.351. The molecule has 6 heteroatoms. The molecule has 6 nitrogen and oxygen atoms in total. The Morgan fingerprint density at radius 3 is 2.33 bits per heavy atom. The Hall–Kier alpha value is -2.24. The third kappa shape index (κ3) is 5.44. The molecule has 1 aromatic carbocycles. The van der Waals surface area contributed by atoms with Gasteiger partial charge in [-0.3, -0.25) is 9.59 Å². The zero-order valence-electron chi connectivity index (χ0n) is 15.1. The van der Waals surface area contributed by atoms with E-state index < -0.39 is 0 Å². The van der Waals surface area contributed by atoms with Gasteiger partial charge in [0.25, 0.3) is 0 Å². The minimum Gasteiger partial charge on any atom is -0.493 e. The second-order valence-electron chi connectivity index (χ2n) is 5.56. The molecule has 1 rings (SSSR count). The third-order valence-corrected chi connectivity index (χ3v) is 3.87. The van der Waals surface area contributed by atoms with Gasteiger partial charge in [-0.2, -0.15) is 0 Å². The second-order valence-corrected chi connectivity index (χ2v) is 5.56. The Balaban J connectivity index is 2.77. The molecule has 24 heavy (non-hydrogen) atoms. The first-order chi connectivity index (χ1) is 11.5. The molecule has 0 saturated carbocycles. The lowest BCUT2D eigenvalue weighted by atomic mass is 10.1. The summed E-state index contributed by atoms with van der Waals surface area (Å²) in [5, 5.41) is 0. The van der Waals surface area contributed by atoms with Crippen LogP contribution in [0.2, 0.25) is 0 Å². The van der Waals surface area contributed by atoms with E-state index in [-0.39, 0.29) is 17.8 Å². The molecule has 0 fully saturated rings. The van der Waals surface area contributed by atoms with Crippen LogP contribution in [0.25, 0.3) is 0 Å². The topological polar surface area (TPSA) is 65.1 Å². The van der Waals surface area contributed by atoms with Crippen LogP contribution >= 0.6 is 0 Å². The highest BCUT2D eigenvalue weighted by molar-refractivity contribution is 5.77. The maximum Gasteiger partial charge on any atom is 0.310 e. The molecule has 0 N–H and O–H groups in total. The van der Waals surface area contributed by atoms with Crippen molar-refractivity contribution in [2.24, 2.45) is 5.92 Å². The number of methoxy groups -OCH3 is 3. The molecular formula is C18H27NO5. The predicted octanol–water partition coefficient (Wildman–Crippen LogP) is 2.29. The van der Waals surface area contributed by atoms with E-state index in [2.05, 4.69) is 0 Å². The van der Waals surface area contributed by atoms with Crippen LogP contribution in [0.1, 0.15) is 25.8 Å². The molecule has 0 bridgehead atoms. The highest BCUT2D eigenvalue weighted by Crippen LogP contribution is 2.27. The first kappa shape index (κ1) is 19.8. The summed E-state index contributed by atoms with van der Waals surface area (Å²) in [6.45, 7) is 4.46. The number of amides is 1. The summed E-state index contributed by atoms with van der Waals surface area (Å²) in [6.07, 6.45) is 1.07. The molecule has 0 aliphatic carbocycles. The van der Waals surface area contributed by atoms with Gasteiger partial charge in [0.1, 0.15) is 0 Å². The lowest BCUT2D eigenvalue weighted by molar-refractivity contribution is -0.146.